The fraction of sp³-hybridized carbons (Fsp3) is 0.500. The van der Waals surface area contributed by atoms with Crippen LogP contribution in [0.4, 0.5) is 0 Å². The minimum absolute atomic E-state index is 0.170. The van der Waals surface area contributed by atoms with E-state index in [0.29, 0.717) is 12.1 Å². The van der Waals surface area contributed by atoms with Crippen molar-refractivity contribution in [3.8, 4) is 0 Å². The monoisotopic (exact) mass is 289 g/mol. The zero-order valence-electron chi connectivity index (χ0n) is 12.5. The first-order valence-electron chi connectivity index (χ1n) is 7.49. The Morgan fingerprint density at radius 1 is 1.19 bits per heavy atom. The normalized spacial score (nSPS) is 16.5. The standard InChI is InChI=1S/C16H23N3O2/c1-12(16(21)19-9-3-2-4-10-19)18-11-13-5-7-14(8-6-13)15(17)20/h5-8,12,18H,2-4,9-11H2,1H3,(H2,17,20). The Balaban J connectivity index is 1.83. The lowest BCUT2D eigenvalue weighted by Crippen LogP contribution is -2.46. The molecule has 1 heterocycles. The average Bonchev–Trinajstić information content (AvgIpc) is 2.53. The van der Waals surface area contributed by atoms with E-state index in [1.807, 2.05) is 24.0 Å². The molecule has 0 spiro atoms. The second kappa shape index (κ2) is 7.22. The zero-order valence-corrected chi connectivity index (χ0v) is 12.5. The van der Waals surface area contributed by atoms with Gasteiger partial charge in [0.25, 0.3) is 0 Å². The Labute approximate surface area is 125 Å². The van der Waals surface area contributed by atoms with Gasteiger partial charge in [0.15, 0.2) is 0 Å². The molecule has 0 radical (unpaired) electrons. The van der Waals surface area contributed by atoms with Gasteiger partial charge < -0.3 is 16.0 Å². The summed E-state index contributed by atoms with van der Waals surface area (Å²) in [6, 6.07) is 6.92. The maximum atomic E-state index is 12.3. The van der Waals surface area contributed by atoms with E-state index >= 15 is 0 Å². The number of carbonyl (C=O) groups is 2. The Morgan fingerprint density at radius 2 is 1.81 bits per heavy atom. The van der Waals surface area contributed by atoms with Crippen LogP contribution in [0.2, 0.25) is 0 Å². The van der Waals surface area contributed by atoms with Crippen LogP contribution in [0.3, 0.4) is 0 Å². The van der Waals surface area contributed by atoms with Gasteiger partial charge in [0, 0.05) is 25.2 Å². The van der Waals surface area contributed by atoms with Crippen molar-refractivity contribution in [2.24, 2.45) is 5.73 Å². The predicted molar refractivity (Wildman–Crippen MR) is 81.7 cm³/mol. The second-order valence-electron chi connectivity index (χ2n) is 5.55. The van der Waals surface area contributed by atoms with Crippen molar-refractivity contribution >= 4 is 11.8 Å². The summed E-state index contributed by atoms with van der Waals surface area (Å²) in [5, 5.41) is 3.24. The molecule has 1 fully saturated rings. The summed E-state index contributed by atoms with van der Waals surface area (Å²) in [6.07, 6.45) is 3.43. The van der Waals surface area contributed by atoms with Crippen LogP contribution in [0, 0.1) is 0 Å². The van der Waals surface area contributed by atoms with E-state index in [4.69, 9.17) is 5.73 Å². The van der Waals surface area contributed by atoms with Crippen molar-refractivity contribution in [1.82, 2.24) is 10.2 Å². The largest absolute Gasteiger partial charge is 0.366 e. The van der Waals surface area contributed by atoms with E-state index in [0.717, 1.165) is 31.5 Å². The van der Waals surface area contributed by atoms with Crippen molar-refractivity contribution in [3.63, 3.8) is 0 Å². The number of hydrogen-bond acceptors (Lipinski definition) is 3. The first-order chi connectivity index (χ1) is 10.1. The molecule has 1 aromatic rings. The van der Waals surface area contributed by atoms with Crippen LogP contribution in [0.25, 0.3) is 0 Å². The van der Waals surface area contributed by atoms with Crippen LogP contribution in [-0.2, 0) is 11.3 Å². The smallest absolute Gasteiger partial charge is 0.248 e. The summed E-state index contributed by atoms with van der Waals surface area (Å²) in [6.45, 7) is 4.24. The Bertz CT molecular complexity index is 493. The maximum Gasteiger partial charge on any atom is 0.248 e. The fourth-order valence-corrected chi connectivity index (χ4v) is 2.53. The molecular weight excluding hydrogens is 266 g/mol. The van der Waals surface area contributed by atoms with Crippen molar-refractivity contribution in [2.75, 3.05) is 13.1 Å². The molecule has 1 aliphatic heterocycles. The molecule has 2 rings (SSSR count). The first kappa shape index (κ1) is 15.5. The molecule has 1 atom stereocenters. The van der Waals surface area contributed by atoms with E-state index in [9.17, 15) is 9.59 Å². The van der Waals surface area contributed by atoms with Crippen molar-refractivity contribution < 1.29 is 9.59 Å². The van der Waals surface area contributed by atoms with Gasteiger partial charge in [-0.3, -0.25) is 9.59 Å². The van der Waals surface area contributed by atoms with Crippen LogP contribution in [0.5, 0.6) is 0 Å². The molecule has 0 saturated carbocycles. The molecule has 0 bridgehead atoms. The molecular formula is C16H23N3O2. The topological polar surface area (TPSA) is 75.4 Å². The summed E-state index contributed by atoms with van der Waals surface area (Å²) in [5.41, 5.74) is 6.73. The number of rotatable bonds is 5. The maximum absolute atomic E-state index is 12.3. The van der Waals surface area contributed by atoms with Crippen LogP contribution in [-0.4, -0.2) is 35.8 Å². The lowest BCUT2D eigenvalue weighted by Gasteiger charge is -2.29. The molecule has 5 heteroatoms. The molecule has 1 aliphatic rings. The van der Waals surface area contributed by atoms with Gasteiger partial charge >= 0.3 is 0 Å². The Kier molecular flexibility index (Phi) is 5.33. The SMILES string of the molecule is CC(NCc1ccc(C(N)=O)cc1)C(=O)N1CCCCC1. The third kappa shape index (κ3) is 4.29. The molecule has 2 amide bonds. The third-order valence-corrected chi connectivity index (χ3v) is 3.89. The van der Waals surface area contributed by atoms with Gasteiger partial charge in [0.1, 0.15) is 0 Å². The van der Waals surface area contributed by atoms with E-state index in [2.05, 4.69) is 5.32 Å². The van der Waals surface area contributed by atoms with E-state index < -0.39 is 5.91 Å². The highest BCUT2D eigenvalue weighted by atomic mass is 16.2. The van der Waals surface area contributed by atoms with Crippen molar-refractivity contribution in [1.29, 1.82) is 0 Å². The minimum Gasteiger partial charge on any atom is -0.366 e. The van der Waals surface area contributed by atoms with E-state index in [1.165, 1.54) is 6.42 Å². The minimum atomic E-state index is -0.428. The highest BCUT2D eigenvalue weighted by Crippen LogP contribution is 2.10. The molecule has 1 aromatic carbocycles. The Hall–Kier alpha value is -1.88. The number of piperidine rings is 1. The fourth-order valence-electron chi connectivity index (χ4n) is 2.53. The molecule has 0 aliphatic carbocycles. The number of benzene rings is 1. The van der Waals surface area contributed by atoms with Gasteiger partial charge in [-0.15, -0.1) is 0 Å². The molecule has 5 nitrogen and oxygen atoms in total. The highest BCUT2D eigenvalue weighted by molar-refractivity contribution is 5.92. The van der Waals surface area contributed by atoms with Crippen molar-refractivity contribution in [3.05, 3.63) is 35.4 Å². The summed E-state index contributed by atoms with van der Waals surface area (Å²) in [7, 11) is 0. The number of carbonyl (C=O) groups excluding carboxylic acids is 2. The van der Waals surface area contributed by atoms with Gasteiger partial charge in [-0.05, 0) is 43.9 Å². The third-order valence-electron chi connectivity index (χ3n) is 3.89. The number of hydrogen-bond donors (Lipinski definition) is 2. The van der Waals surface area contributed by atoms with Gasteiger partial charge in [-0.1, -0.05) is 12.1 Å². The summed E-state index contributed by atoms with van der Waals surface area (Å²) in [5.74, 6) is -0.258. The van der Waals surface area contributed by atoms with Gasteiger partial charge in [-0.25, -0.2) is 0 Å². The van der Waals surface area contributed by atoms with Gasteiger partial charge in [0.2, 0.25) is 11.8 Å². The number of primary amides is 1. The number of amides is 2. The highest BCUT2D eigenvalue weighted by Gasteiger charge is 2.21. The summed E-state index contributed by atoms with van der Waals surface area (Å²) >= 11 is 0. The van der Waals surface area contributed by atoms with Crippen LogP contribution >= 0.6 is 0 Å². The molecule has 0 aromatic heterocycles. The molecule has 21 heavy (non-hydrogen) atoms. The Morgan fingerprint density at radius 3 is 2.38 bits per heavy atom. The lowest BCUT2D eigenvalue weighted by molar-refractivity contribution is -0.133. The number of nitrogens with zero attached hydrogens (tertiary/aromatic N) is 1. The first-order valence-corrected chi connectivity index (χ1v) is 7.49. The summed E-state index contributed by atoms with van der Waals surface area (Å²) in [4.78, 5) is 25.2. The number of nitrogens with one attached hydrogen (secondary N) is 1. The quantitative estimate of drug-likeness (QED) is 0.857. The molecule has 114 valence electrons. The van der Waals surface area contributed by atoms with Gasteiger partial charge in [-0.2, -0.15) is 0 Å². The van der Waals surface area contributed by atoms with Crippen molar-refractivity contribution in [2.45, 2.75) is 38.8 Å². The number of nitrogens with two attached hydrogens (primary N) is 1. The van der Waals surface area contributed by atoms with Crippen LogP contribution < -0.4 is 11.1 Å². The van der Waals surface area contributed by atoms with E-state index in [1.54, 1.807) is 12.1 Å². The van der Waals surface area contributed by atoms with E-state index in [-0.39, 0.29) is 11.9 Å². The lowest BCUT2D eigenvalue weighted by atomic mass is 10.1. The zero-order chi connectivity index (χ0) is 15.2. The number of likely N-dealkylation sites (tertiary alicyclic amines) is 1. The average molecular weight is 289 g/mol. The molecule has 1 saturated heterocycles. The second-order valence-corrected chi connectivity index (χ2v) is 5.55. The summed E-state index contributed by atoms with van der Waals surface area (Å²) < 4.78 is 0. The van der Waals surface area contributed by atoms with Crippen LogP contribution in [0.15, 0.2) is 24.3 Å². The van der Waals surface area contributed by atoms with Gasteiger partial charge in [0.05, 0.1) is 6.04 Å². The van der Waals surface area contributed by atoms with Crippen LogP contribution in [0.1, 0.15) is 42.1 Å². The predicted octanol–water partition coefficient (Wildman–Crippen LogP) is 1.28. The molecule has 3 N–H and O–H groups in total. The molecule has 1 unspecified atom stereocenters.